The van der Waals surface area contributed by atoms with Gasteiger partial charge in [0.05, 0.1) is 18.5 Å². The summed E-state index contributed by atoms with van der Waals surface area (Å²) in [7, 11) is -3.32. The number of benzene rings is 1. The lowest BCUT2D eigenvalue weighted by Gasteiger charge is -2.28. The molecular formula is C17H20FN5O2S. The predicted octanol–water partition coefficient (Wildman–Crippen LogP) is 1.27. The van der Waals surface area contributed by atoms with Crippen LogP contribution in [0.5, 0.6) is 0 Å². The van der Waals surface area contributed by atoms with Gasteiger partial charge in [-0.25, -0.2) is 17.8 Å². The van der Waals surface area contributed by atoms with Crippen LogP contribution in [0.1, 0.15) is 11.6 Å². The van der Waals surface area contributed by atoms with Gasteiger partial charge in [-0.1, -0.05) is 30.3 Å². The minimum atomic E-state index is -3.32. The van der Waals surface area contributed by atoms with Gasteiger partial charge in [0, 0.05) is 25.6 Å². The number of anilines is 2. The van der Waals surface area contributed by atoms with Crippen LogP contribution in [0.15, 0.2) is 36.5 Å². The topological polar surface area (TPSA) is 92.4 Å². The zero-order valence-electron chi connectivity index (χ0n) is 14.3. The molecule has 1 aromatic heterocycles. The highest BCUT2D eigenvalue weighted by atomic mass is 32.2. The Morgan fingerprint density at radius 3 is 2.58 bits per heavy atom. The molecule has 0 unspecified atom stereocenters. The van der Waals surface area contributed by atoms with Crippen molar-refractivity contribution in [2.75, 3.05) is 36.5 Å². The third kappa shape index (κ3) is 2.90. The summed E-state index contributed by atoms with van der Waals surface area (Å²) in [5.41, 5.74) is 6.54. The Balaban J connectivity index is 1.66. The third-order valence-corrected chi connectivity index (χ3v) is 6.46. The van der Waals surface area contributed by atoms with E-state index >= 15 is 0 Å². The smallest absolute Gasteiger partial charge is 0.227 e. The van der Waals surface area contributed by atoms with Gasteiger partial charge in [0.1, 0.15) is 0 Å². The zero-order valence-corrected chi connectivity index (χ0v) is 15.1. The van der Waals surface area contributed by atoms with Crippen molar-refractivity contribution in [3.63, 3.8) is 0 Å². The van der Waals surface area contributed by atoms with E-state index in [0.717, 1.165) is 11.8 Å². The lowest BCUT2D eigenvalue weighted by Crippen LogP contribution is -2.35. The predicted molar refractivity (Wildman–Crippen MR) is 96.3 cm³/mol. The number of nitrogens with two attached hydrogens (primary N) is 1. The van der Waals surface area contributed by atoms with Gasteiger partial charge in [0.15, 0.2) is 11.6 Å². The molecule has 0 aliphatic carbocycles. The maximum atomic E-state index is 13.3. The van der Waals surface area contributed by atoms with Gasteiger partial charge in [-0.3, -0.25) is 0 Å². The molecule has 1 aromatic carbocycles. The molecule has 3 atom stereocenters. The first-order valence-electron chi connectivity index (χ1n) is 8.39. The van der Waals surface area contributed by atoms with Crippen LogP contribution in [0.3, 0.4) is 0 Å². The molecule has 2 aliphatic heterocycles. The summed E-state index contributed by atoms with van der Waals surface area (Å²) in [6, 6.07) is 9.44. The summed E-state index contributed by atoms with van der Waals surface area (Å²) >= 11 is 0. The normalized spacial score (nSPS) is 26.2. The van der Waals surface area contributed by atoms with Gasteiger partial charge >= 0.3 is 0 Å². The first kappa shape index (κ1) is 17.2. The van der Waals surface area contributed by atoms with Crippen LogP contribution in [0.4, 0.5) is 16.2 Å². The fourth-order valence-corrected chi connectivity index (χ4v) is 5.25. The SMILES string of the molecule is CS(=O)(=O)N1C[C@H]2CN(c3ncc(F)c(N)n3)C[C@H]2[C@@H]1c1ccccc1. The van der Waals surface area contributed by atoms with Crippen molar-refractivity contribution in [3.8, 4) is 0 Å². The third-order valence-electron chi connectivity index (χ3n) is 5.23. The molecule has 26 heavy (non-hydrogen) atoms. The number of halogens is 1. The van der Waals surface area contributed by atoms with Crippen molar-refractivity contribution in [2.24, 2.45) is 11.8 Å². The van der Waals surface area contributed by atoms with Gasteiger partial charge in [-0.2, -0.15) is 9.29 Å². The molecule has 9 heteroatoms. The van der Waals surface area contributed by atoms with Crippen LogP contribution in [0.25, 0.3) is 0 Å². The molecule has 7 nitrogen and oxygen atoms in total. The number of fused-ring (bicyclic) bond motifs is 1. The van der Waals surface area contributed by atoms with Gasteiger partial charge in [0.2, 0.25) is 16.0 Å². The molecule has 3 heterocycles. The minimum Gasteiger partial charge on any atom is -0.381 e. The summed E-state index contributed by atoms with van der Waals surface area (Å²) in [6.07, 6.45) is 2.33. The Bertz CT molecular complexity index is 924. The van der Waals surface area contributed by atoms with Gasteiger partial charge in [-0.15, -0.1) is 0 Å². The van der Waals surface area contributed by atoms with Crippen LogP contribution in [0.2, 0.25) is 0 Å². The second-order valence-electron chi connectivity index (χ2n) is 6.92. The maximum Gasteiger partial charge on any atom is 0.227 e. The van der Waals surface area contributed by atoms with E-state index in [2.05, 4.69) is 9.97 Å². The number of rotatable bonds is 3. The second kappa shape index (κ2) is 6.17. The Hall–Kier alpha value is -2.26. The van der Waals surface area contributed by atoms with E-state index in [1.807, 2.05) is 35.2 Å². The number of nitrogens with zero attached hydrogens (tertiary/aromatic N) is 4. The Kier molecular flexibility index (Phi) is 4.07. The van der Waals surface area contributed by atoms with Crippen molar-refractivity contribution in [1.82, 2.24) is 14.3 Å². The summed E-state index contributed by atoms with van der Waals surface area (Å²) in [4.78, 5) is 10.0. The van der Waals surface area contributed by atoms with Crippen molar-refractivity contribution in [2.45, 2.75) is 6.04 Å². The molecule has 2 aliphatic rings. The van der Waals surface area contributed by atoms with Crippen molar-refractivity contribution in [1.29, 1.82) is 0 Å². The standard InChI is InChI=1S/C17H20FN5O2S/c1-26(24,25)23-9-12-8-22(17-20-7-14(18)16(19)21-17)10-13(12)15(23)11-5-3-2-4-6-11/h2-7,12-13,15H,8-10H2,1H3,(H2,19,20,21)/t12-,13-,15+/m1/s1. The minimum absolute atomic E-state index is 0.113. The second-order valence-corrected chi connectivity index (χ2v) is 8.86. The summed E-state index contributed by atoms with van der Waals surface area (Å²) in [5.74, 6) is -0.161. The fraction of sp³-hybridized carbons (Fsp3) is 0.412. The Labute approximate surface area is 151 Å². The Morgan fingerprint density at radius 1 is 1.19 bits per heavy atom. The molecule has 2 N–H and O–H groups in total. The van der Waals surface area contributed by atoms with Crippen molar-refractivity contribution in [3.05, 3.63) is 47.9 Å². The molecule has 2 saturated heterocycles. The summed E-state index contributed by atoms with van der Waals surface area (Å²) < 4.78 is 39.6. The van der Waals surface area contributed by atoms with Gasteiger partial charge in [0.25, 0.3) is 0 Å². The van der Waals surface area contributed by atoms with Crippen LogP contribution in [0, 0.1) is 17.7 Å². The van der Waals surface area contributed by atoms with E-state index in [4.69, 9.17) is 5.73 Å². The quantitative estimate of drug-likeness (QED) is 0.866. The molecule has 4 rings (SSSR count). The van der Waals surface area contributed by atoms with Gasteiger partial charge < -0.3 is 10.6 Å². The van der Waals surface area contributed by atoms with E-state index in [-0.39, 0.29) is 23.7 Å². The fourth-order valence-electron chi connectivity index (χ4n) is 4.10. The average molecular weight is 377 g/mol. The molecule has 0 amide bonds. The lowest BCUT2D eigenvalue weighted by molar-refractivity contribution is 0.351. The van der Waals surface area contributed by atoms with Crippen LogP contribution >= 0.6 is 0 Å². The van der Waals surface area contributed by atoms with Gasteiger partial charge in [-0.05, 0) is 11.5 Å². The molecule has 0 spiro atoms. The zero-order chi connectivity index (χ0) is 18.5. The number of hydrogen-bond acceptors (Lipinski definition) is 6. The molecule has 2 aromatic rings. The molecule has 2 fully saturated rings. The molecule has 0 radical (unpaired) electrons. The molecular weight excluding hydrogens is 357 g/mol. The van der Waals surface area contributed by atoms with E-state index < -0.39 is 15.8 Å². The highest BCUT2D eigenvalue weighted by Crippen LogP contribution is 2.46. The van der Waals surface area contributed by atoms with E-state index in [1.165, 1.54) is 6.26 Å². The molecule has 138 valence electrons. The number of nitrogen functional groups attached to an aromatic ring is 1. The monoisotopic (exact) mass is 377 g/mol. The van der Waals surface area contributed by atoms with E-state index in [1.54, 1.807) is 4.31 Å². The van der Waals surface area contributed by atoms with E-state index in [9.17, 15) is 12.8 Å². The van der Waals surface area contributed by atoms with Crippen molar-refractivity contribution < 1.29 is 12.8 Å². The maximum absolute atomic E-state index is 13.3. The highest BCUT2D eigenvalue weighted by Gasteiger charge is 2.50. The summed E-state index contributed by atoms with van der Waals surface area (Å²) in [6.45, 7) is 1.67. The lowest BCUT2D eigenvalue weighted by atomic mass is 9.90. The van der Waals surface area contributed by atoms with Crippen LogP contribution < -0.4 is 10.6 Å². The number of sulfonamides is 1. The largest absolute Gasteiger partial charge is 0.381 e. The average Bonchev–Trinajstić information content (AvgIpc) is 3.15. The van der Waals surface area contributed by atoms with E-state index in [0.29, 0.717) is 25.6 Å². The first-order valence-corrected chi connectivity index (χ1v) is 10.2. The molecule has 0 saturated carbocycles. The first-order chi connectivity index (χ1) is 12.3. The summed E-state index contributed by atoms with van der Waals surface area (Å²) in [5, 5.41) is 0. The van der Waals surface area contributed by atoms with Crippen molar-refractivity contribution >= 4 is 21.8 Å². The molecule has 0 bridgehead atoms. The number of hydrogen-bond donors (Lipinski definition) is 1. The highest BCUT2D eigenvalue weighted by molar-refractivity contribution is 7.88. The van der Waals surface area contributed by atoms with Crippen LogP contribution in [-0.2, 0) is 10.0 Å². The number of aromatic nitrogens is 2. The Morgan fingerprint density at radius 2 is 1.92 bits per heavy atom. The van der Waals surface area contributed by atoms with Crippen LogP contribution in [-0.4, -0.2) is 48.6 Å².